The van der Waals surface area contributed by atoms with Crippen LogP contribution in [0.25, 0.3) is 11.0 Å². The monoisotopic (exact) mass is 195 g/mol. The Hall–Kier alpha value is -1.06. The number of nitrogens with two attached hydrogens (primary N) is 1. The topological polar surface area (TPSA) is 43.8 Å². The van der Waals surface area contributed by atoms with E-state index >= 15 is 0 Å². The Morgan fingerprint density at radius 1 is 1.54 bits per heavy atom. The first-order valence-corrected chi connectivity index (χ1v) is 4.41. The van der Waals surface area contributed by atoms with Gasteiger partial charge in [0, 0.05) is 12.1 Å². The average Bonchev–Trinajstić information content (AvgIpc) is 2.44. The Kier molecular flexibility index (Phi) is 1.98. The van der Waals surface area contributed by atoms with Crippen molar-refractivity contribution in [1.82, 2.24) is 9.55 Å². The molecule has 1 heterocycles. The molecule has 0 bridgehead atoms. The lowest BCUT2D eigenvalue weighted by Crippen LogP contribution is -2.04. The van der Waals surface area contributed by atoms with Gasteiger partial charge in [-0.25, -0.2) is 4.98 Å². The molecule has 2 rings (SSSR count). The zero-order valence-electron chi connectivity index (χ0n) is 7.29. The van der Waals surface area contributed by atoms with Crippen LogP contribution in [-0.2, 0) is 13.6 Å². The van der Waals surface area contributed by atoms with Gasteiger partial charge in [0.15, 0.2) is 0 Å². The molecule has 68 valence electrons. The van der Waals surface area contributed by atoms with E-state index in [-0.39, 0.29) is 0 Å². The maximum Gasteiger partial charge on any atom is 0.123 e. The number of aryl methyl sites for hydroxylation is 1. The number of hydrogen-bond donors (Lipinski definition) is 1. The summed E-state index contributed by atoms with van der Waals surface area (Å²) in [6.45, 7) is 0.447. The summed E-state index contributed by atoms with van der Waals surface area (Å²) >= 11 is 5.87. The molecule has 0 unspecified atom stereocenters. The van der Waals surface area contributed by atoms with Crippen LogP contribution in [0.2, 0.25) is 5.02 Å². The van der Waals surface area contributed by atoms with Crippen molar-refractivity contribution in [2.24, 2.45) is 12.8 Å². The first kappa shape index (κ1) is 8.53. The number of nitrogens with zero attached hydrogens (tertiary/aromatic N) is 2. The Bertz CT molecular complexity index is 447. The quantitative estimate of drug-likeness (QED) is 0.753. The van der Waals surface area contributed by atoms with Crippen molar-refractivity contribution in [3.05, 3.63) is 29.0 Å². The van der Waals surface area contributed by atoms with Crippen molar-refractivity contribution < 1.29 is 0 Å². The minimum Gasteiger partial charge on any atom is -0.330 e. The van der Waals surface area contributed by atoms with Crippen molar-refractivity contribution in [1.29, 1.82) is 0 Å². The molecule has 3 nitrogen and oxygen atoms in total. The van der Waals surface area contributed by atoms with Gasteiger partial charge in [-0.3, -0.25) is 0 Å². The lowest BCUT2D eigenvalue weighted by Gasteiger charge is -1.97. The van der Waals surface area contributed by atoms with Crippen molar-refractivity contribution in [2.75, 3.05) is 0 Å². The van der Waals surface area contributed by atoms with Crippen LogP contribution in [0.4, 0.5) is 0 Å². The summed E-state index contributed by atoms with van der Waals surface area (Å²) in [5, 5.41) is 0.721. The third kappa shape index (κ3) is 1.30. The van der Waals surface area contributed by atoms with Crippen LogP contribution in [0.1, 0.15) is 5.82 Å². The summed E-state index contributed by atoms with van der Waals surface area (Å²) in [4.78, 5) is 4.35. The summed E-state index contributed by atoms with van der Waals surface area (Å²) in [5.41, 5.74) is 7.49. The second-order valence-electron chi connectivity index (χ2n) is 2.92. The van der Waals surface area contributed by atoms with Crippen LogP contribution in [0.15, 0.2) is 18.2 Å². The molecular formula is C9H10ClN3. The largest absolute Gasteiger partial charge is 0.330 e. The average molecular weight is 196 g/mol. The lowest BCUT2D eigenvalue weighted by molar-refractivity contribution is 0.813. The molecule has 1 aromatic carbocycles. The van der Waals surface area contributed by atoms with E-state index < -0.39 is 0 Å². The first-order valence-electron chi connectivity index (χ1n) is 4.03. The van der Waals surface area contributed by atoms with Crippen molar-refractivity contribution >= 4 is 22.6 Å². The molecule has 0 aliphatic rings. The lowest BCUT2D eigenvalue weighted by atomic mass is 10.3. The molecule has 1 aromatic heterocycles. The Morgan fingerprint density at radius 3 is 3.00 bits per heavy atom. The SMILES string of the molecule is Cn1c(CN)nc2ccc(Cl)cc21. The van der Waals surface area contributed by atoms with Gasteiger partial charge in [-0.15, -0.1) is 0 Å². The molecule has 0 saturated heterocycles. The molecule has 4 heteroatoms. The molecule has 0 amide bonds. The van der Waals surface area contributed by atoms with Gasteiger partial charge in [0.05, 0.1) is 17.6 Å². The Morgan fingerprint density at radius 2 is 2.31 bits per heavy atom. The van der Waals surface area contributed by atoms with Gasteiger partial charge in [0.1, 0.15) is 5.82 Å². The summed E-state index contributed by atoms with van der Waals surface area (Å²) in [5.74, 6) is 0.872. The second-order valence-corrected chi connectivity index (χ2v) is 3.36. The van der Waals surface area contributed by atoms with Crippen LogP contribution in [-0.4, -0.2) is 9.55 Å². The van der Waals surface area contributed by atoms with Gasteiger partial charge in [0.2, 0.25) is 0 Å². The molecule has 0 fully saturated rings. The van der Waals surface area contributed by atoms with E-state index in [2.05, 4.69) is 4.98 Å². The fourth-order valence-electron chi connectivity index (χ4n) is 1.40. The maximum absolute atomic E-state index is 5.87. The van der Waals surface area contributed by atoms with E-state index in [0.717, 1.165) is 21.9 Å². The predicted octanol–water partition coefficient (Wildman–Crippen LogP) is 1.69. The van der Waals surface area contributed by atoms with Crippen LogP contribution < -0.4 is 5.73 Å². The number of fused-ring (bicyclic) bond motifs is 1. The van der Waals surface area contributed by atoms with Gasteiger partial charge in [-0.2, -0.15) is 0 Å². The number of imidazole rings is 1. The van der Waals surface area contributed by atoms with Crippen LogP contribution in [0.5, 0.6) is 0 Å². The van der Waals surface area contributed by atoms with Crippen LogP contribution in [0, 0.1) is 0 Å². The predicted molar refractivity (Wildman–Crippen MR) is 53.6 cm³/mol. The molecule has 0 spiro atoms. The Balaban J connectivity index is 2.77. The third-order valence-corrected chi connectivity index (χ3v) is 2.35. The standard InChI is InChI=1S/C9H10ClN3/c1-13-8-4-6(10)2-3-7(8)12-9(13)5-11/h2-4H,5,11H2,1H3. The number of hydrogen-bond acceptors (Lipinski definition) is 2. The summed E-state index contributed by atoms with van der Waals surface area (Å²) < 4.78 is 1.96. The maximum atomic E-state index is 5.87. The molecule has 0 aliphatic carbocycles. The molecule has 2 N–H and O–H groups in total. The van der Waals surface area contributed by atoms with Crippen molar-refractivity contribution in [2.45, 2.75) is 6.54 Å². The molecular weight excluding hydrogens is 186 g/mol. The van der Waals surface area contributed by atoms with Crippen molar-refractivity contribution in [3.8, 4) is 0 Å². The molecule has 0 saturated carbocycles. The molecule has 2 aromatic rings. The molecule has 0 radical (unpaired) electrons. The highest BCUT2D eigenvalue weighted by Crippen LogP contribution is 2.19. The summed E-state index contributed by atoms with van der Waals surface area (Å²) in [6.07, 6.45) is 0. The number of aromatic nitrogens is 2. The second kappa shape index (κ2) is 3.01. The van der Waals surface area contributed by atoms with E-state index in [1.165, 1.54) is 0 Å². The zero-order valence-corrected chi connectivity index (χ0v) is 8.04. The fraction of sp³-hybridized carbons (Fsp3) is 0.222. The highest BCUT2D eigenvalue weighted by atomic mass is 35.5. The van der Waals surface area contributed by atoms with Gasteiger partial charge in [-0.1, -0.05) is 11.6 Å². The van der Waals surface area contributed by atoms with E-state index in [0.29, 0.717) is 6.54 Å². The fourth-order valence-corrected chi connectivity index (χ4v) is 1.56. The molecule has 0 aliphatic heterocycles. The van der Waals surface area contributed by atoms with Crippen molar-refractivity contribution in [3.63, 3.8) is 0 Å². The number of halogens is 1. The minimum atomic E-state index is 0.447. The van der Waals surface area contributed by atoms with Crippen LogP contribution >= 0.6 is 11.6 Å². The third-order valence-electron chi connectivity index (χ3n) is 2.12. The number of benzene rings is 1. The zero-order chi connectivity index (χ0) is 9.42. The minimum absolute atomic E-state index is 0.447. The van der Waals surface area contributed by atoms with E-state index in [1.54, 1.807) is 0 Å². The summed E-state index contributed by atoms with van der Waals surface area (Å²) in [7, 11) is 1.94. The molecule has 13 heavy (non-hydrogen) atoms. The number of rotatable bonds is 1. The normalized spacial score (nSPS) is 11.0. The van der Waals surface area contributed by atoms with Gasteiger partial charge < -0.3 is 10.3 Å². The highest BCUT2D eigenvalue weighted by molar-refractivity contribution is 6.31. The van der Waals surface area contributed by atoms with Crippen LogP contribution in [0.3, 0.4) is 0 Å². The van der Waals surface area contributed by atoms with E-state index in [1.807, 2.05) is 29.8 Å². The highest BCUT2D eigenvalue weighted by Gasteiger charge is 2.05. The van der Waals surface area contributed by atoms with Gasteiger partial charge in [0.25, 0.3) is 0 Å². The van der Waals surface area contributed by atoms with E-state index in [9.17, 15) is 0 Å². The van der Waals surface area contributed by atoms with Gasteiger partial charge in [-0.05, 0) is 18.2 Å². The summed E-state index contributed by atoms with van der Waals surface area (Å²) in [6, 6.07) is 5.62. The Labute approximate surface area is 81.1 Å². The smallest absolute Gasteiger partial charge is 0.123 e. The molecule has 0 atom stereocenters. The van der Waals surface area contributed by atoms with Gasteiger partial charge >= 0.3 is 0 Å². The van der Waals surface area contributed by atoms with E-state index in [4.69, 9.17) is 17.3 Å². The first-order chi connectivity index (χ1) is 6.22.